The molecule has 0 amide bonds. The van der Waals surface area contributed by atoms with Gasteiger partial charge in [-0.2, -0.15) is 0 Å². The van der Waals surface area contributed by atoms with Crippen LogP contribution in [-0.2, 0) is 11.2 Å². The number of ether oxygens (including phenoxy) is 1. The normalized spacial score (nSPS) is 14.9. The van der Waals surface area contributed by atoms with E-state index in [1.165, 1.54) is 11.3 Å². The Morgan fingerprint density at radius 3 is 2.44 bits per heavy atom. The van der Waals surface area contributed by atoms with Gasteiger partial charge in [0.25, 0.3) is 0 Å². The van der Waals surface area contributed by atoms with E-state index in [4.69, 9.17) is 4.74 Å². The lowest BCUT2D eigenvalue weighted by Gasteiger charge is -2.30. The highest BCUT2D eigenvalue weighted by atomic mass is 35.5. The molecule has 92 valence electrons. The van der Waals surface area contributed by atoms with Gasteiger partial charge in [-0.1, -0.05) is 25.1 Å². The molecule has 0 saturated carbocycles. The van der Waals surface area contributed by atoms with Crippen molar-refractivity contribution in [3.05, 3.63) is 29.8 Å². The first-order valence-electron chi connectivity index (χ1n) is 5.32. The number of morpholine rings is 1. The lowest BCUT2D eigenvalue weighted by molar-refractivity contribution is 0.122. The van der Waals surface area contributed by atoms with Crippen LogP contribution in [0.25, 0.3) is 0 Å². The van der Waals surface area contributed by atoms with Crippen LogP contribution in [0.3, 0.4) is 0 Å². The van der Waals surface area contributed by atoms with E-state index in [1.54, 1.807) is 0 Å². The molecule has 1 aromatic rings. The quantitative estimate of drug-likeness (QED) is 0.870. The molecular weight excluding hydrogens is 224 g/mol. The second-order valence-corrected chi connectivity index (χ2v) is 3.58. The van der Waals surface area contributed by atoms with Crippen molar-refractivity contribution in [3.63, 3.8) is 0 Å². The van der Waals surface area contributed by atoms with Gasteiger partial charge in [-0.3, -0.25) is 0 Å². The summed E-state index contributed by atoms with van der Waals surface area (Å²) in [7, 11) is 0. The van der Waals surface area contributed by atoms with Crippen LogP contribution >= 0.6 is 12.4 Å². The maximum Gasteiger partial charge on any atom is 0.0642 e. The summed E-state index contributed by atoms with van der Waals surface area (Å²) in [4.78, 5) is 2.42. The number of hydrogen-bond donors (Lipinski definition) is 1. The smallest absolute Gasteiger partial charge is 0.0642 e. The van der Waals surface area contributed by atoms with E-state index in [0.29, 0.717) is 0 Å². The van der Waals surface area contributed by atoms with Crippen molar-refractivity contribution in [1.29, 1.82) is 0 Å². The van der Waals surface area contributed by atoms with Crippen molar-refractivity contribution in [3.8, 4) is 0 Å². The molecule has 1 aliphatic rings. The molecular formula is C12H21ClN2O. The lowest BCUT2D eigenvalue weighted by atomic mass is 10.1. The minimum atomic E-state index is 0. The molecule has 1 aromatic carbocycles. The van der Waals surface area contributed by atoms with E-state index in [9.17, 15) is 0 Å². The number of nitrogens with zero attached hydrogens (tertiary/aromatic N) is 1. The molecule has 0 aliphatic carbocycles. The Labute approximate surface area is 104 Å². The van der Waals surface area contributed by atoms with Gasteiger partial charge in [0, 0.05) is 18.8 Å². The zero-order valence-corrected chi connectivity index (χ0v) is 10.6. The molecule has 0 atom stereocenters. The standard InChI is InChI=1S/C12H17NO.ClH.H3N/c1-2-11-5-3-4-6-12(11)13-7-9-14-10-8-13;;/h3-6H,2,7-10H2,1H3;1H;1H3. The first kappa shape index (κ1) is 15.2. The molecule has 0 unspecified atom stereocenters. The van der Waals surface area contributed by atoms with Crippen molar-refractivity contribution in [2.45, 2.75) is 13.3 Å². The van der Waals surface area contributed by atoms with Gasteiger partial charge in [-0.25, -0.2) is 0 Å². The number of para-hydroxylation sites is 1. The fourth-order valence-corrected chi connectivity index (χ4v) is 1.92. The van der Waals surface area contributed by atoms with E-state index >= 15 is 0 Å². The predicted octanol–water partition coefficient (Wildman–Crippen LogP) is 2.67. The second kappa shape index (κ2) is 7.49. The van der Waals surface area contributed by atoms with Crippen LogP contribution in [0.2, 0.25) is 0 Å². The molecule has 3 nitrogen and oxygen atoms in total. The maximum atomic E-state index is 5.35. The summed E-state index contributed by atoms with van der Waals surface area (Å²) < 4.78 is 5.35. The lowest BCUT2D eigenvalue weighted by Crippen LogP contribution is -2.36. The predicted molar refractivity (Wildman–Crippen MR) is 71.1 cm³/mol. The molecule has 1 aliphatic heterocycles. The first-order chi connectivity index (χ1) is 6.92. The molecule has 16 heavy (non-hydrogen) atoms. The number of aryl methyl sites for hydroxylation is 1. The average Bonchev–Trinajstić information content (AvgIpc) is 2.30. The Kier molecular flexibility index (Phi) is 7.13. The highest BCUT2D eigenvalue weighted by Crippen LogP contribution is 2.21. The van der Waals surface area contributed by atoms with Crippen LogP contribution in [0, 0.1) is 0 Å². The number of hydrogen-bond acceptors (Lipinski definition) is 3. The summed E-state index contributed by atoms with van der Waals surface area (Å²) in [6, 6.07) is 8.65. The van der Waals surface area contributed by atoms with Crippen LogP contribution in [0.4, 0.5) is 5.69 Å². The summed E-state index contributed by atoms with van der Waals surface area (Å²) in [5.41, 5.74) is 2.83. The van der Waals surface area contributed by atoms with Crippen molar-refractivity contribution in [1.82, 2.24) is 6.15 Å². The van der Waals surface area contributed by atoms with Crippen molar-refractivity contribution < 1.29 is 4.74 Å². The number of benzene rings is 1. The van der Waals surface area contributed by atoms with Crippen molar-refractivity contribution in [2.75, 3.05) is 31.2 Å². The summed E-state index contributed by atoms with van der Waals surface area (Å²) in [5.74, 6) is 0. The van der Waals surface area contributed by atoms with Gasteiger partial charge in [0.2, 0.25) is 0 Å². The summed E-state index contributed by atoms with van der Waals surface area (Å²) in [6.45, 7) is 5.98. The zero-order chi connectivity index (χ0) is 9.80. The van der Waals surface area contributed by atoms with Gasteiger partial charge in [0.15, 0.2) is 0 Å². The summed E-state index contributed by atoms with van der Waals surface area (Å²) in [6.07, 6.45) is 1.10. The summed E-state index contributed by atoms with van der Waals surface area (Å²) in [5, 5.41) is 0. The van der Waals surface area contributed by atoms with E-state index in [2.05, 4.69) is 36.1 Å². The average molecular weight is 245 g/mol. The first-order valence-corrected chi connectivity index (χ1v) is 5.32. The third-order valence-electron chi connectivity index (χ3n) is 2.72. The Morgan fingerprint density at radius 1 is 1.19 bits per heavy atom. The van der Waals surface area contributed by atoms with E-state index in [-0.39, 0.29) is 18.6 Å². The Hall–Kier alpha value is -0.770. The third-order valence-corrected chi connectivity index (χ3v) is 2.72. The minimum absolute atomic E-state index is 0. The number of rotatable bonds is 2. The van der Waals surface area contributed by atoms with Gasteiger partial charge in [0.1, 0.15) is 0 Å². The molecule has 0 bridgehead atoms. The van der Waals surface area contributed by atoms with Gasteiger partial charge >= 0.3 is 0 Å². The molecule has 1 heterocycles. The largest absolute Gasteiger partial charge is 0.378 e. The topological polar surface area (TPSA) is 47.5 Å². The van der Waals surface area contributed by atoms with Gasteiger partial charge in [0.05, 0.1) is 13.2 Å². The van der Waals surface area contributed by atoms with Gasteiger partial charge in [-0.05, 0) is 18.1 Å². The van der Waals surface area contributed by atoms with Crippen LogP contribution in [0.15, 0.2) is 24.3 Å². The van der Waals surface area contributed by atoms with Crippen LogP contribution in [0.5, 0.6) is 0 Å². The fraction of sp³-hybridized carbons (Fsp3) is 0.500. The number of anilines is 1. The van der Waals surface area contributed by atoms with E-state index in [0.717, 1.165) is 32.7 Å². The maximum absolute atomic E-state index is 5.35. The minimum Gasteiger partial charge on any atom is -0.378 e. The van der Waals surface area contributed by atoms with E-state index < -0.39 is 0 Å². The Morgan fingerprint density at radius 2 is 1.81 bits per heavy atom. The Bertz CT molecular complexity index is 301. The second-order valence-electron chi connectivity index (χ2n) is 3.58. The summed E-state index contributed by atoms with van der Waals surface area (Å²) >= 11 is 0. The van der Waals surface area contributed by atoms with Crippen LogP contribution in [-0.4, -0.2) is 26.3 Å². The molecule has 0 spiro atoms. The fourth-order valence-electron chi connectivity index (χ4n) is 1.92. The number of halogens is 1. The highest BCUT2D eigenvalue weighted by molar-refractivity contribution is 5.85. The van der Waals surface area contributed by atoms with Crippen molar-refractivity contribution in [2.24, 2.45) is 0 Å². The van der Waals surface area contributed by atoms with E-state index in [1.807, 2.05) is 0 Å². The molecule has 2 rings (SSSR count). The molecule has 0 aromatic heterocycles. The molecule has 4 heteroatoms. The highest BCUT2D eigenvalue weighted by Gasteiger charge is 2.12. The van der Waals surface area contributed by atoms with Crippen LogP contribution in [0.1, 0.15) is 12.5 Å². The third kappa shape index (κ3) is 3.37. The SMILES string of the molecule is CCc1ccccc1N1CCOCC1.Cl.N. The Balaban J connectivity index is 0.00000112. The zero-order valence-electron chi connectivity index (χ0n) is 9.82. The monoisotopic (exact) mass is 244 g/mol. The van der Waals surface area contributed by atoms with Crippen LogP contribution < -0.4 is 11.1 Å². The molecule has 3 N–H and O–H groups in total. The van der Waals surface area contributed by atoms with Gasteiger partial charge < -0.3 is 15.8 Å². The van der Waals surface area contributed by atoms with Gasteiger partial charge in [-0.15, -0.1) is 12.4 Å². The molecule has 1 fully saturated rings. The molecule has 1 saturated heterocycles. The molecule has 0 radical (unpaired) electrons. The van der Waals surface area contributed by atoms with Crippen molar-refractivity contribution >= 4 is 18.1 Å².